The quantitative estimate of drug-likeness (QED) is 0.481. The first kappa shape index (κ1) is 17.6. The third-order valence-electron chi connectivity index (χ3n) is 4.64. The number of carbonyl (C=O) groups excluding carboxylic acids is 1. The molecule has 1 fully saturated rings. The molecule has 0 atom stereocenters. The Bertz CT molecular complexity index is 937. The summed E-state index contributed by atoms with van der Waals surface area (Å²) < 4.78 is 0. The van der Waals surface area contributed by atoms with Crippen molar-refractivity contribution in [1.82, 2.24) is 0 Å². The van der Waals surface area contributed by atoms with Gasteiger partial charge in [0.1, 0.15) is 0 Å². The molecule has 0 heterocycles. The molecule has 0 aromatic heterocycles. The van der Waals surface area contributed by atoms with E-state index in [-0.39, 0.29) is 28.8 Å². The van der Waals surface area contributed by atoms with Crippen LogP contribution in [0.25, 0.3) is 11.6 Å². The van der Waals surface area contributed by atoms with Gasteiger partial charge in [-0.1, -0.05) is 12.1 Å². The standard InChI is InChI=1S/C21H20O5/c1-12(14-6-8-18(23)20(25)11-14)16-4-2-3-15(21(16)26)9-13-5-7-17(22)19(24)10-13/h5-11,22-25H,2-4H2,1H3/b15-9+,16-12+. The number of benzene rings is 2. The monoisotopic (exact) mass is 352 g/mol. The molecule has 2 aromatic carbocycles. The lowest BCUT2D eigenvalue weighted by atomic mass is 9.84. The molecule has 5 nitrogen and oxygen atoms in total. The molecule has 0 saturated heterocycles. The zero-order valence-electron chi connectivity index (χ0n) is 14.4. The molecular weight excluding hydrogens is 332 g/mol. The summed E-state index contributed by atoms with van der Waals surface area (Å²) >= 11 is 0. The average Bonchev–Trinajstić information content (AvgIpc) is 2.62. The van der Waals surface area contributed by atoms with Gasteiger partial charge in [0, 0.05) is 11.1 Å². The first-order valence-electron chi connectivity index (χ1n) is 8.36. The second-order valence-corrected chi connectivity index (χ2v) is 6.41. The normalized spacial score (nSPS) is 18.2. The van der Waals surface area contributed by atoms with Crippen molar-refractivity contribution in [2.45, 2.75) is 26.2 Å². The number of Topliss-reactive ketones (excluding diaryl/α,β-unsaturated/α-hetero) is 1. The van der Waals surface area contributed by atoms with Crippen LogP contribution in [0.4, 0.5) is 0 Å². The Morgan fingerprint density at radius 1 is 0.885 bits per heavy atom. The summed E-state index contributed by atoms with van der Waals surface area (Å²) in [7, 11) is 0. The second kappa shape index (κ2) is 6.96. The zero-order valence-corrected chi connectivity index (χ0v) is 14.4. The summed E-state index contributed by atoms with van der Waals surface area (Å²) in [6.07, 6.45) is 3.82. The van der Waals surface area contributed by atoms with E-state index in [0.29, 0.717) is 35.1 Å². The Hall–Kier alpha value is -3.21. The van der Waals surface area contributed by atoms with Crippen molar-refractivity contribution in [1.29, 1.82) is 0 Å². The second-order valence-electron chi connectivity index (χ2n) is 6.41. The Labute approximate surface area is 151 Å². The molecule has 0 bridgehead atoms. The maximum Gasteiger partial charge on any atom is 0.185 e. The SMILES string of the molecule is C/C(=C1/CCC/C(=C\c2ccc(O)c(O)c2)C1=O)c1ccc(O)c(O)c1. The molecule has 1 saturated carbocycles. The van der Waals surface area contributed by atoms with Crippen LogP contribution in [0.2, 0.25) is 0 Å². The van der Waals surface area contributed by atoms with Gasteiger partial charge in [-0.25, -0.2) is 0 Å². The molecule has 0 aliphatic heterocycles. The molecule has 1 aliphatic rings. The summed E-state index contributed by atoms with van der Waals surface area (Å²) in [5, 5.41) is 38.2. The van der Waals surface area contributed by atoms with Crippen LogP contribution in [0.3, 0.4) is 0 Å². The van der Waals surface area contributed by atoms with E-state index in [1.54, 1.807) is 18.2 Å². The highest BCUT2D eigenvalue weighted by molar-refractivity contribution is 6.15. The fourth-order valence-electron chi connectivity index (χ4n) is 3.13. The van der Waals surface area contributed by atoms with Crippen molar-refractivity contribution < 1.29 is 25.2 Å². The van der Waals surface area contributed by atoms with E-state index in [4.69, 9.17) is 0 Å². The minimum absolute atomic E-state index is 0.0612. The Kier molecular flexibility index (Phi) is 4.71. The lowest BCUT2D eigenvalue weighted by molar-refractivity contribution is -0.112. The highest BCUT2D eigenvalue weighted by atomic mass is 16.3. The number of phenolic OH excluding ortho intramolecular Hbond substituents is 4. The molecule has 0 amide bonds. The Morgan fingerprint density at radius 2 is 1.54 bits per heavy atom. The maximum atomic E-state index is 12.9. The molecule has 5 heteroatoms. The van der Waals surface area contributed by atoms with Crippen LogP contribution in [0.15, 0.2) is 47.5 Å². The highest BCUT2D eigenvalue weighted by Crippen LogP contribution is 2.35. The van der Waals surface area contributed by atoms with Crippen LogP contribution in [-0.4, -0.2) is 26.2 Å². The third kappa shape index (κ3) is 3.42. The van der Waals surface area contributed by atoms with Crippen LogP contribution < -0.4 is 0 Å². The van der Waals surface area contributed by atoms with Gasteiger partial charge in [-0.15, -0.1) is 0 Å². The lowest BCUT2D eigenvalue weighted by Crippen LogP contribution is -2.13. The van der Waals surface area contributed by atoms with Crippen LogP contribution in [0.1, 0.15) is 37.3 Å². The molecule has 0 unspecified atom stereocenters. The van der Waals surface area contributed by atoms with E-state index in [0.717, 1.165) is 12.0 Å². The number of ketones is 1. The minimum atomic E-state index is -0.228. The predicted octanol–water partition coefficient (Wildman–Crippen LogP) is 4.12. The molecule has 134 valence electrons. The fourth-order valence-corrected chi connectivity index (χ4v) is 3.13. The molecule has 0 radical (unpaired) electrons. The van der Waals surface area contributed by atoms with Crippen LogP contribution in [-0.2, 0) is 4.79 Å². The number of hydrogen-bond donors (Lipinski definition) is 4. The van der Waals surface area contributed by atoms with Crippen molar-refractivity contribution in [2.75, 3.05) is 0 Å². The Balaban J connectivity index is 1.97. The summed E-state index contributed by atoms with van der Waals surface area (Å²) in [5.74, 6) is -0.913. The van der Waals surface area contributed by atoms with E-state index in [9.17, 15) is 25.2 Å². The van der Waals surface area contributed by atoms with E-state index in [1.165, 1.54) is 24.3 Å². The van der Waals surface area contributed by atoms with Gasteiger partial charge in [0.15, 0.2) is 28.8 Å². The van der Waals surface area contributed by atoms with E-state index in [2.05, 4.69) is 0 Å². The summed E-state index contributed by atoms with van der Waals surface area (Å²) in [6.45, 7) is 1.83. The molecule has 1 aliphatic carbocycles. The third-order valence-corrected chi connectivity index (χ3v) is 4.64. The van der Waals surface area contributed by atoms with Crippen molar-refractivity contribution in [2.24, 2.45) is 0 Å². The zero-order chi connectivity index (χ0) is 18.8. The van der Waals surface area contributed by atoms with E-state index in [1.807, 2.05) is 6.92 Å². The van der Waals surface area contributed by atoms with Gasteiger partial charge in [0.05, 0.1) is 0 Å². The number of phenols is 4. The van der Waals surface area contributed by atoms with Crippen molar-refractivity contribution in [3.05, 3.63) is 58.7 Å². The highest BCUT2D eigenvalue weighted by Gasteiger charge is 2.23. The van der Waals surface area contributed by atoms with Crippen LogP contribution in [0, 0.1) is 0 Å². The van der Waals surface area contributed by atoms with Gasteiger partial charge in [0.25, 0.3) is 0 Å². The molecule has 3 rings (SSSR count). The van der Waals surface area contributed by atoms with Crippen molar-refractivity contribution in [3.63, 3.8) is 0 Å². The first-order chi connectivity index (χ1) is 12.4. The molecule has 2 aromatic rings. The van der Waals surface area contributed by atoms with Gasteiger partial charge in [-0.05, 0) is 73.2 Å². The molecule has 4 N–H and O–H groups in total. The largest absolute Gasteiger partial charge is 0.504 e. The van der Waals surface area contributed by atoms with Crippen molar-refractivity contribution in [3.8, 4) is 23.0 Å². The van der Waals surface area contributed by atoms with Gasteiger partial charge in [0.2, 0.25) is 0 Å². The van der Waals surface area contributed by atoms with Crippen LogP contribution >= 0.6 is 0 Å². The van der Waals surface area contributed by atoms with E-state index >= 15 is 0 Å². The number of rotatable bonds is 2. The van der Waals surface area contributed by atoms with E-state index < -0.39 is 0 Å². The predicted molar refractivity (Wildman–Crippen MR) is 99.0 cm³/mol. The average molecular weight is 352 g/mol. The van der Waals surface area contributed by atoms with Gasteiger partial charge >= 0.3 is 0 Å². The number of allylic oxidation sites excluding steroid dienone is 3. The fraction of sp³-hybridized carbons (Fsp3) is 0.190. The van der Waals surface area contributed by atoms with Gasteiger partial charge in [-0.3, -0.25) is 4.79 Å². The Morgan fingerprint density at radius 3 is 2.19 bits per heavy atom. The summed E-state index contributed by atoms with van der Waals surface area (Å²) in [4.78, 5) is 12.9. The van der Waals surface area contributed by atoms with Crippen LogP contribution in [0.5, 0.6) is 23.0 Å². The summed E-state index contributed by atoms with van der Waals surface area (Å²) in [5.41, 5.74) is 3.41. The number of hydrogen-bond acceptors (Lipinski definition) is 5. The van der Waals surface area contributed by atoms with Gasteiger partial charge < -0.3 is 20.4 Å². The topological polar surface area (TPSA) is 98.0 Å². The maximum absolute atomic E-state index is 12.9. The molecule has 26 heavy (non-hydrogen) atoms. The lowest BCUT2D eigenvalue weighted by Gasteiger charge is -2.19. The molecular formula is C21H20O5. The first-order valence-corrected chi connectivity index (χ1v) is 8.36. The number of carbonyl (C=O) groups is 1. The smallest absolute Gasteiger partial charge is 0.185 e. The van der Waals surface area contributed by atoms with Crippen molar-refractivity contribution >= 4 is 17.4 Å². The van der Waals surface area contributed by atoms with Gasteiger partial charge in [-0.2, -0.15) is 0 Å². The summed E-state index contributed by atoms with van der Waals surface area (Å²) in [6, 6.07) is 8.95. The molecule has 0 spiro atoms. The minimum Gasteiger partial charge on any atom is -0.504 e. The number of aromatic hydroxyl groups is 4.